The van der Waals surface area contributed by atoms with Crippen molar-refractivity contribution in [2.24, 2.45) is 0 Å². The quantitative estimate of drug-likeness (QED) is 0.767. The molecular weight excluding hydrogens is 325 g/mol. The Morgan fingerprint density at radius 3 is 2.84 bits per heavy atom. The Kier molecular flexibility index (Phi) is 3.85. The molecule has 0 spiro atoms. The molecule has 128 valence electrons. The van der Waals surface area contributed by atoms with Crippen LogP contribution in [0.2, 0.25) is 0 Å². The maximum atomic E-state index is 13.2. The summed E-state index contributed by atoms with van der Waals surface area (Å²) in [5.41, 5.74) is 1.63. The number of halogens is 1. The number of aromatic nitrogens is 2. The van der Waals surface area contributed by atoms with Crippen molar-refractivity contribution in [3.05, 3.63) is 65.8 Å². The number of aromatic amines is 1. The lowest BCUT2D eigenvalue weighted by Gasteiger charge is -2.23. The molecule has 1 saturated heterocycles. The second-order valence-electron chi connectivity index (χ2n) is 6.06. The zero-order valence-electron chi connectivity index (χ0n) is 13.2. The first kappa shape index (κ1) is 15.6. The van der Waals surface area contributed by atoms with Crippen molar-refractivity contribution in [1.29, 1.82) is 0 Å². The maximum absolute atomic E-state index is 13.2. The minimum Gasteiger partial charge on any atom is -0.463 e. The monoisotopic (exact) mass is 341 g/mol. The smallest absolute Gasteiger partial charge is 0.274 e. The number of carbonyl (C=O) groups is 1. The topological polar surface area (TPSA) is 82.4 Å². The van der Waals surface area contributed by atoms with Gasteiger partial charge >= 0.3 is 0 Å². The van der Waals surface area contributed by atoms with E-state index in [0.29, 0.717) is 17.9 Å². The largest absolute Gasteiger partial charge is 0.463 e. The summed E-state index contributed by atoms with van der Waals surface area (Å²) < 4.78 is 18.4. The van der Waals surface area contributed by atoms with Crippen molar-refractivity contribution in [2.45, 2.75) is 18.6 Å². The number of aliphatic hydroxyl groups is 1. The van der Waals surface area contributed by atoms with Crippen LogP contribution in [0.4, 0.5) is 4.39 Å². The predicted octanol–water partition coefficient (Wildman–Crippen LogP) is 2.76. The third-order valence-corrected chi connectivity index (χ3v) is 4.38. The summed E-state index contributed by atoms with van der Waals surface area (Å²) in [5.74, 6) is -0.0430. The lowest BCUT2D eigenvalue weighted by Crippen LogP contribution is -2.32. The van der Waals surface area contributed by atoms with Gasteiger partial charge in [0.25, 0.3) is 5.91 Å². The lowest BCUT2D eigenvalue weighted by atomic mass is 10.0. The fraction of sp³-hybridized carbons (Fsp3) is 0.222. The molecule has 0 saturated carbocycles. The average Bonchev–Trinajstić information content (AvgIpc) is 3.35. The van der Waals surface area contributed by atoms with E-state index in [1.165, 1.54) is 12.1 Å². The summed E-state index contributed by atoms with van der Waals surface area (Å²) in [6, 6.07) is 10.8. The second-order valence-corrected chi connectivity index (χ2v) is 6.06. The number of hydrogen-bond acceptors (Lipinski definition) is 4. The van der Waals surface area contributed by atoms with Crippen LogP contribution in [0.1, 0.15) is 28.5 Å². The van der Waals surface area contributed by atoms with Crippen molar-refractivity contribution >= 4 is 5.91 Å². The van der Waals surface area contributed by atoms with Gasteiger partial charge in [-0.15, -0.1) is 0 Å². The van der Waals surface area contributed by atoms with Crippen molar-refractivity contribution < 1.29 is 18.7 Å². The highest BCUT2D eigenvalue weighted by atomic mass is 19.1. The molecule has 1 amide bonds. The van der Waals surface area contributed by atoms with Gasteiger partial charge in [-0.1, -0.05) is 12.1 Å². The molecule has 1 aliphatic heterocycles. The summed E-state index contributed by atoms with van der Waals surface area (Å²) in [7, 11) is 0. The first-order valence-electron chi connectivity index (χ1n) is 7.95. The van der Waals surface area contributed by atoms with E-state index in [2.05, 4.69) is 10.2 Å². The molecule has 4 rings (SSSR count). The molecule has 3 heterocycles. The zero-order chi connectivity index (χ0) is 17.4. The van der Waals surface area contributed by atoms with E-state index < -0.39 is 6.10 Å². The van der Waals surface area contributed by atoms with E-state index >= 15 is 0 Å². The number of likely N-dealkylation sites (tertiary alicyclic amines) is 1. The highest BCUT2D eigenvalue weighted by Crippen LogP contribution is 2.33. The van der Waals surface area contributed by atoms with Gasteiger partial charge in [0.1, 0.15) is 11.5 Å². The van der Waals surface area contributed by atoms with Gasteiger partial charge in [-0.3, -0.25) is 9.89 Å². The number of H-pyrrole nitrogens is 1. The van der Waals surface area contributed by atoms with Crippen LogP contribution in [0, 0.1) is 5.82 Å². The van der Waals surface area contributed by atoms with Gasteiger partial charge in [-0.2, -0.15) is 5.10 Å². The van der Waals surface area contributed by atoms with E-state index in [4.69, 9.17) is 4.42 Å². The molecule has 1 aromatic carbocycles. The molecule has 2 aromatic heterocycles. The molecule has 0 radical (unpaired) electrons. The Labute approximate surface area is 142 Å². The molecule has 6 nitrogen and oxygen atoms in total. The maximum Gasteiger partial charge on any atom is 0.274 e. The summed E-state index contributed by atoms with van der Waals surface area (Å²) in [6.45, 7) is 0.212. The van der Waals surface area contributed by atoms with Crippen molar-refractivity contribution in [3.63, 3.8) is 0 Å². The normalized spacial score (nSPS) is 20.2. The van der Waals surface area contributed by atoms with Crippen molar-refractivity contribution in [3.8, 4) is 11.5 Å². The molecule has 0 aliphatic carbocycles. The molecule has 7 heteroatoms. The van der Waals surface area contributed by atoms with Crippen LogP contribution in [0.5, 0.6) is 0 Å². The second kappa shape index (κ2) is 6.18. The molecule has 2 unspecified atom stereocenters. The number of nitrogens with one attached hydrogen (secondary N) is 1. The zero-order valence-corrected chi connectivity index (χ0v) is 13.2. The van der Waals surface area contributed by atoms with E-state index in [9.17, 15) is 14.3 Å². The van der Waals surface area contributed by atoms with Gasteiger partial charge < -0.3 is 14.4 Å². The molecule has 2 N–H and O–H groups in total. The van der Waals surface area contributed by atoms with Crippen molar-refractivity contribution in [2.75, 3.05) is 6.54 Å². The first-order valence-corrected chi connectivity index (χ1v) is 7.95. The first-order chi connectivity index (χ1) is 12.1. The third kappa shape index (κ3) is 2.94. The fourth-order valence-corrected chi connectivity index (χ4v) is 3.18. The minimum absolute atomic E-state index is 0.212. The number of β-amino-alcohol motifs (C(OH)–C–C–N with tert-alkyl or cyclic N) is 1. The minimum atomic E-state index is -0.623. The SMILES string of the molecule is O=C(c1cc(-c2ccco2)[nH]n1)N1CC(O)CC1c1ccc(F)cc1. The van der Waals surface area contributed by atoms with Gasteiger partial charge in [0.05, 0.1) is 18.4 Å². The summed E-state index contributed by atoms with van der Waals surface area (Å²) in [4.78, 5) is 14.4. The summed E-state index contributed by atoms with van der Waals surface area (Å²) >= 11 is 0. The molecular formula is C18H16FN3O3. The van der Waals surface area contributed by atoms with E-state index in [1.54, 1.807) is 41.5 Å². The molecule has 0 bridgehead atoms. The number of amides is 1. The van der Waals surface area contributed by atoms with Crippen LogP contribution < -0.4 is 0 Å². The van der Waals surface area contributed by atoms with Crippen LogP contribution >= 0.6 is 0 Å². The van der Waals surface area contributed by atoms with Gasteiger partial charge in [-0.25, -0.2) is 4.39 Å². The summed E-state index contributed by atoms with van der Waals surface area (Å²) in [5, 5.41) is 16.9. The number of carbonyl (C=O) groups excluding carboxylic acids is 1. The number of hydrogen-bond donors (Lipinski definition) is 2. The molecule has 25 heavy (non-hydrogen) atoms. The van der Waals surface area contributed by atoms with Gasteiger partial charge in [0, 0.05) is 12.6 Å². The van der Waals surface area contributed by atoms with Crippen LogP contribution in [-0.2, 0) is 0 Å². The van der Waals surface area contributed by atoms with E-state index in [0.717, 1.165) is 5.56 Å². The molecule has 3 aromatic rings. The Morgan fingerprint density at radius 1 is 1.32 bits per heavy atom. The number of benzene rings is 1. The van der Waals surface area contributed by atoms with Crippen LogP contribution in [0.3, 0.4) is 0 Å². The van der Waals surface area contributed by atoms with Gasteiger partial charge in [0.15, 0.2) is 11.5 Å². The lowest BCUT2D eigenvalue weighted by molar-refractivity contribution is 0.0710. The molecule has 2 atom stereocenters. The number of aliphatic hydroxyl groups excluding tert-OH is 1. The highest BCUT2D eigenvalue weighted by molar-refractivity contribution is 5.93. The van der Waals surface area contributed by atoms with E-state index in [-0.39, 0.29) is 30.0 Å². The average molecular weight is 341 g/mol. The van der Waals surface area contributed by atoms with Crippen LogP contribution in [0.25, 0.3) is 11.5 Å². The Hall–Kier alpha value is -2.93. The predicted molar refractivity (Wildman–Crippen MR) is 87.1 cm³/mol. The van der Waals surface area contributed by atoms with Gasteiger partial charge in [0.2, 0.25) is 0 Å². The fourth-order valence-electron chi connectivity index (χ4n) is 3.18. The number of rotatable bonds is 3. The highest BCUT2D eigenvalue weighted by Gasteiger charge is 2.36. The Balaban J connectivity index is 1.60. The standard InChI is InChI=1S/C18H16FN3O3/c19-12-5-3-11(4-6-12)16-8-13(23)10-22(16)18(24)15-9-14(20-21-15)17-2-1-7-25-17/h1-7,9,13,16,23H,8,10H2,(H,20,21). The summed E-state index contributed by atoms with van der Waals surface area (Å²) in [6.07, 6.45) is 1.33. The molecule has 1 aliphatic rings. The van der Waals surface area contributed by atoms with Crippen LogP contribution in [-0.4, -0.2) is 38.8 Å². The third-order valence-electron chi connectivity index (χ3n) is 4.38. The number of furan rings is 1. The number of nitrogens with zero attached hydrogens (tertiary/aromatic N) is 2. The Morgan fingerprint density at radius 2 is 2.12 bits per heavy atom. The van der Waals surface area contributed by atoms with Gasteiger partial charge in [-0.05, 0) is 36.2 Å². The van der Waals surface area contributed by atoms with Crippen molar-refractivity contribution in [1.82, 2.24) is 15.1 Å². The van der Waals surface area contributed by atoms with E-state index in [1.807, 2.05) is 0 Å². The van der Waals surface area contributed by atoms with Crippen LogP contribution in [0.15, 0.2) is 53.1 Å². The Bertz CT molecular complexity index is 873. The molecule has 1 fully saturated rings.